The van der Waals surface area contributed by atoms with Crippen molar-refractivity contribution in [3.8, 4) is 0 Å². The summed E-state index contributed by atoms with van der Waals surface area (Å²) in [6.45, 7) is 2.60. The molecule has 1 aliphatic rings. The van der Waals surface area contributed by atoms with Gasteiger partial charge in [-0.25, -0.2) is 0 Å². The molecule has 0 spiro atoms. The minimum atomic E-state index is -0.137. The van der Waals surface area contributed by atoms with Crippen LogP contribution in [0.15, 0.2) is 24.0 Å². The zero-order valence-electron chi connectivity index (χ0n) is 6.46. The highest BCUT2D eigenvalue weighted by Gasteiger charge is 2.13. The molecular formula is C8H10BClO. The lowest BCUT2D eigenvalue weighted by Gasteiger charge is -2.17. The second-order valence-electron chi connectivity index (χ2n) is 2.38. The van der Waals surface area contributed by atoms with Crippen LogP contribution < -0.4 is 0 Å². The van der Waals surface area contributed by atoms with Crippen molar-refractivity contribution in [2.75, 3.05) is 6.61 Å². The lowest BCUT2D eigenvalue weighted by atomic mass is 9.81. The lowest BCUT2D eigenvalue weighted by molar-refractivity contribution is 0.240. The Hall–Kier alpha value is -0.365. The molecule has 0 saturated heterocycles. The molecule has 0 saturated carbocycles. The monoisotopic (exact) mass is 168 g/mol. The van der Waals surface area contributed by atoms with E-state index in [9.17, 15) is 0 Å². The Kier molecular flexibility index (Phi) is 3.07. The standard InChI is InChI=1S/C8H10BClO/c1-2-11-6-3-4-7(9)8(10)5-6/h3-5,7-8H,2H2,1H3. The summed E-state index contributed by atoms with van der Waals surface area (Å²) in [7, 11) is 5.62. The number of rotatable bonds is 2. The van der Waals surface area contributed by atoms with E-state index in [2.05, 4.69) is 0 Å². The third kappa shape index (κ3) is 2.30. The molecule has 0 aromatic heterocycles. The molecule has 11 heavy (non-hydrogen) atoms. The van der Waals surface area contributed by atoms with Gasteiger partial charge in [0.05, 0.1) is 19.8 Å². The van der Waals surface area contributed by atoms with Crippen LogP contribution in [0.25, 0.3) is 0 Å². The average molecular weight is 168 g/mol. The number of halogens is 1. The van der Waals surface area contributed by atoms with E-state index in [0.717, 1.165) is 5.76 Å². The Morgan fingerprint density at radius 1 is 1.73 bits per heavy atom. The molecule has 58 valence electrons. The summed E-state index contributed by atoms with van der Waals surface area (Å²) < 4.78 is 5.24. The minimum absolute atomic E-state index is 0.0825. The Morgan fingerprint density at radius 3 is 3.00 bits per heavy atom. The highest BCUT2D eigenvalue weighted by atomic mass is 35.5. The second kappa shape index (κ2) is 3.86. The van der Waals surface area contributed by atoms with Crippen molar-refractivity contribution in [3.05, 3.63) is 24.0 Å². The van der Waals surface area contributed by atoms with Crippen LogP contribution in [0.5, 0.6) is 0 Å². The molecule has 1 rings (SSSR count). The molecule has 1 nitrogen and oxygen atoms in total. The molecule has 0 heterocycles. The van der Waals surface area contributed by atoms with Crippen LogP contribution in [0.1, 0.15) is 6.92 Å². The summed E-state index contributed by atoms with van der Waals surface area (Å²) in [5.41, 5.74) is 0. The van der Waals surface area contributed by atoms with Gasteiger partial charge in [0.2, 0.25) is 0 Å². The van der Waals surface area contributed by atoms with Crippen LogP contribution in [0, 0.1) is 0 Å². The van der Waals surface area contributed by atoms with Crippen molar-refractivity contribution < 1.29 is 4.74 Å². The van der Waals surface area contributed by atoms with Gasteiger partial charge in [-0.3, -0.25) is 0 Å². The van der Waals surface area contributed by atoms with Crippen molar-refractivity contribution in [1.82, 2.24) is 0 Å². The summed E-state index contributed by atoms with van der Waals surface area (Å²) in [5, 5.41) is -0.137. The highest BCUT2D eigenvalue weighted by Crippen LogP contribution is 2.23. The maximum absolute atomic E-state index is 5.86. The molecule has 2 radical (unpaired) electrons. The van der Waals surface area contributed by atoms with Gasteiger partial charge in [0.15, 0.2) is 0 Å². The number of allylic oxidation sites excluding steroid dienone is 3. The maximum Gasteiger partial charge on any atom is 0.116 e. The van der Waals surface area contributed by atoms with Crippen LogP contribution >= 0.6 is 11.6 Å². The fourth-order valence-corrected chi connectivity index (χ4v) is 1.11. The Bertz CT molecular complexity index is 189. The van der Waals surface area contributed by atoms with E-state index in [0.29, 0.717) is 6.61 Å². The average Bonchev–Trinajstić information content (AvgIpc) is 1.98. The molecule has 0 N–H and O–H groups in total. The first-order valence-electron chi connectivity index (χ1n) is 3.66. The predicted molar refractivity (Wildman–Crippen MR) is 48.0 cm³/mol. The second-order valence-corrected chi connectivity index (χ2v) is 2.89. The van der Waals surface area contributed by atoms with Gasteiger partial charge in [-0.05, 0) is 24.9 Å². The molecular weight excluding hydrogens is 158 g/mol. The van der Waals surface area contributed by atoms with Gasteiger partial charge in [-0.15, -0.1) is 11.6 Å². The Labute approximate surface area is 73.5 Å². The minimum Gasteiger partial charge on any atom is -0.494 e. The van der Waals surface area contributed by atoms with Gasteiger partial charge >= 0.3 is 0 Å². The normalized spacial score (nSPS) is 29.8. The number of hydrogen-bond donors (Lipinski definition) is 0. The highest BCUT2D eigenvalue weighted by molar-refractivity contribution is 6.28. The summed E-state index contributed by atoms with van der Waals surface area (Å²) >= 11 is 5.86. The van der Waals surface area contributed by atoms with Crippen LogP contribution in [-0.4, -0.2) is 19.8 Å². The van der Waals surface area contributed by atoms with E-state index in [4.69, 9.17) is 24.2 Å². The molecule has 0 aromatic rings. The van der Waals surface area contributed by atoms with Crippen LogP contribution in [-0.2, 0) is 4.74 Å². The summed E-state index contributed by atoms with van der Waals surface area (Å²) in [5.74, 6) is 0.732. The molecule has 0 aromatic carbocycles. The zero-order valence-corrected chi connectivity index (χ0v) is 7.21. The molecule has 3 heteroatoms. The van der Waals surface area contributed by atoms with Gasteiger partial charge in [0.25, 0.3) is 0 Å². The fraction of sp³-hybridized carbons (Fsp3) is 0.500. The van der Waals surface area contributed by atoms with Crippen LogP contribution in [0.4, 0.5) is 0 Å². The first-order chi connectivity index (χ1) is 5.24. The van der Waals surface area contributed by atoms with Crippen LogP contribution in [0.3, 0.4) is 0 Å². The lowest BCUT2D eigenvalue weighted by Crippen LogP contribution is -2.09. The van der Waals surface area contributed by atoms with Crippen LogP contribution in [0.2, 0.25) is 5.82 Å². The molecule has 2 atom stereocenters. The number of alkyl halides is 1. The smallest absolute Gasteiger partial charge is 0.116 e. The van der Waals surface area contributed by atoms with Crippen molar-refractivity contribution >= 4 is 19.4 Å². The molecule has 1 aliphatic carbocycles. The van der Waals surface area contributed by atoms with Gasteiger partial charge < -0.3 is 4.74 Å². The van der Waals surface area contributed by atoms with Crippen molar-refractivity contribution in [2.45, 2.75) is 18.1 Å². The van der Waals surface area contributed by atoms with E-state index in [1.54, 1.807) is 0 Å². The Morgan fingerprint density at radius 2 is 2.45 bits per heavy atom. The van der Waals surface area contributed by atoms with Gasteiger partial charge in [0.1, 0.15) is 5.76 Å². The number of ether oxygens (including phenoxy) is 1. The van der Waals surface area contributed by atoms with Gasteiger partial charge in [-0.1, -0.05) is 6.08 Å². The molecule has 0 amide bonds. The van der Waals surface area contributed by atoms with Crippen molar-refractivity contribution in [1.29, 1.82) is 0 Å². The SMILES string of the molecule is [B]C1C=CC(OCC)=CC1Cl. The van der Waals surface area contributed by atoms with E-state index in [1.165, 1.54) is 0 Å². The molecule has 2 unspecified atom stereocenters. The van der Waals surface area contributed by atoms with Crippen molar-refractivity contribution in [2.24, 2.45) is 0 Å². The summed E-state index contributed by atoms with van der Waals surface area (Å²) in [6.07, 6.45) is 5.53. The Balaban J connectivity index is 2.57. The van der Waals surface area contributed by atoms with Crippen molar-refractivity contribution in [3.63, 3.8) is 0 Å². The topological polar surface area (TPSA) is 9.23 Å². The number of hydrogen-bond acceptors (Lipinski definition) is 1. The third-order valence-corrected chi connectivity index (χ3v) is 1.90. The van der Waals surface area contributed by atoms with E-state index < -0.39 is 0 Å². The quantitative estimate of drug-likeness (QED) is 0.453. The third-order valence-electron chi connectivity index (χ3n) is 1.48. The van der Waals surface area contributed by atoms with E-state index in [-0.39, 0.29) is 11.2 Å². The molecule has 0 fully saturated rings. The zero-order chi connectivity index (χ0) is 8.27. The maximum atomic E-state index is 5.86. The van der Waals surface area contributed by atoms with E-state index >= 15 is 0 Å². The summed E-state index contributed by atoms with van der Waals surface area (Å²) in [6, 6.07) is 0. The first-order valence-corrected chi connectivity index (χ1v) is 4.10. The summed E-state index contributed by atoms with van der Waals surface area (Å²) in [4.78, 5) is 0. The largest absolute Gasteiger partial charge is 0.494 e. The molecule has 0 bridgehead atoms. The predicted octanol–water partition coefficient (Wildman–Crippen LogP) is 2.04. The molecule has 0 aliphatic heterocycles. The van der Waals surface area contributed by atoms with Gasteiger partial charge in [-0.2, -0.15) is 0 Å². The van der Waals surface area contributed by atoms with E-state index in [1.807, 2.05) is 25.2 Å². The fourth-order valence-electron chi connectivity index (χ4n) is 0.899. The first kappa shape index (κ1) is 8.73. The van der Waals surface area contributed by atoms with Gasteiger partial charge in [0, 0.05) is 0 Å².